The van der Waals surface area contributed by atoms with Crippen molar-refractivity contribution in [2.75, 3.05) is 19.6 Å². The van der Waals surface area contributed by atoms with E-state index in [-0.39, 0.29) is 35.7 Å². The van der Waals surface area contributed by atoms with Crippen LogP contribution in [0.2, 0.25) is 5.02 Å². The van der Waals surface area contributed by atoms with E-state index in [0.717, 1.165) is 30.5 Å². The van der Waals surface area contributed by atoms with Crippen molar-refractivity contribution in [3.8, 4) is 5.75 Å². The Morgan fingerprint density at radius 1 is 1.35 bits per heavy atom. The molecular weight excluding hydrogens is 461 g/mol. The smallest absolute Gasteiger partial charge is 0.256 e. The van der Waals surface area contributed by atoms with Crippen LogP contribution in [0.1, 0.15) is 30.3 Å². The second kappa shape index (κ2) is 10.9. The molecule has 1 aromatic carbocycles. The summed E-state index contributed by atoms with van der Waals surface area (Å²) >= 11 is 5.84. The van der Waals surface area contributed by atoms with E-state index in [2.05, 4.69) is 25.9 Å². The molecule has 180 valence electrons. The van der Waals surface area contributed by atoms with E-state index < -0.39 is 5.82 Å². The third-order valence-electron chi connectivity index (χ3n) is 5.84. The van der Waals surface area contributed by atoms with Crippen LogP contribution in [0.5, 0.6) is 5.75 Å². The second-order valence-electron chi connectivity index (χ2n) is 8.17. The Hall–Kier alpha value is -3.01. The zero-order valence-corrected chi connectivity index (χ0v) is 19.6. The van der Waals surface area contributed by atoms with Gasteiger partial charge in [-0.15, -0.1) is 0 Å². The Kier molecular flexibility index (Phi) is 7.77. The SMILES string of the molecule is CCc1c(COc2ccc(F)c(Cl)c2)[nH]c(=O)c2ccnc(CNCC(=O)N[C@@H]3CCNC3)c12. The zero-order valence-electron chi connectivity index (χ0n) is 18.8. The van der Waals surface area contributed by atoms with Crippen LogP contribution in [0, 0.1) is 5.82 Å². The van der Waals surface area contributed by atoms with Gasteiger partial charge in [0, 0.05) is 36.8 Å². The first-order valence-corrected chi connectivity index (χ1v) is 11.6. The zero-order chi connectivity index (χ0) is 24.1. The highest BCUT2D eigenvalue weighted by atomic mass is 35.5. The Morgan fingerprint density at radius 2 is 2.21 bits per heavy atom. The van der Waals surface area contributed by atoms with Crippen molar-refractivity contribution in [1.82, 2.24) is 25.9 Å². The van der Waals surface area contributed by atoms with E-state index in [1.54, 1.807) is 12.3 Å². The van der Waals surface area contributed by atoms with Gasteiger partial charge in [0.25, 0.3) is 5.56 Å². The number of hydrogen-bond donors (Lipinski definition) is 4. The largest absolute Gasteiger partial charge is 0.487 e. The van der Waals surface area contributed by atoms with Crippen LogP contribution in [0.15, 0.2) is 35.3 Å². The number of aromatic nitrogens is 2. The number of pyridine rings is 2. The van der Waals surface area contributed by atoms with E-state index in [1.165, 1.54) is 18.2 Å². The molecule has 1 atom stereocenters. The van der Waals surface area contributed by atoms with Crippen molar-refractivity contribution in [2.45, 2.75) is 39.0 Å². The molecule has 3 aromatic rings. The predicted molar refractivity (Wildman–Crippen MR) is 129 cm³/mol. The highest BCUT2D eigenvalue weighted by Crippen LogP contribution is 2.25. The quantitative estimate of drug-likeness (QED) is 0.369. The van der Waals surface area contributed by atoms with Crippen molar-refractivity contribution in [3.63, 3.8) is 0 Å². The molecule has 0 saturated carbocycles. The number of ether oxygens (including phenoxy) is 1. The molecule has 2 aromatic heterocycles. The third kappa shape index (κ3) is 5.55. The van der Waals surface area contributed by atoms with Crippen LogP contribution in [-0.4, -0.2) is 41.6 Å². The maximum Gasteiger partial charge on any atom is 0.256 e. The molecule has 10 heteroatoms. The maximum absolute atomic E-state index is 13.4. The fourth-order valence-electron chi connectivity index (χ4n) is 4.18. The molecule has 0 spiro atoms. The number of rotatable bonds is 9. The standard InChI is InChI=1S/C24H27ClFN5O3/c1-2-16-21(13-34-15-3-4-19(26)18(25)9-15)31-24(33)17-6-8-29-20(23(16)17)11-28-12-22(32)30-14-5-7-27-10-14/h3-4,6,8-9,14,27-28H,2,5,7,10-13H2,1H3,(H,30,32)(H,31,33)/t14-/m1/s1. The molecule has 1 aliphatic heterocycles. The van der Waals surface area contributed by atoms with E-state index >= 15 is 0 Å². The summed E-state index contributed by atoms with van der Waals surface area (Å²) in [6.45, 7) is 4.24. The number of carbonyl (C=O) groups is 1. The Labute approximate surface area is 201 Å². The summed E-state index contributed by atoms with van der Waals surface area (Å²) < 4.78 is 19.2. The number of benzene rings is 1. The molecule has 0 unspecified atom stereocenters. The van der Waals surface area contributed by atoms with Gasteiger partial charge in [0.05, 0.1) is 28.3 Å². The summed E-state index contributed by atoms with van der Waals surface area (Å²) in [6, 6.07) is 5.95. The Morgan fingerprint density at radius 3 is 2.94 bits per heavy atom. The van der Waals surface area contributed by atoms with Gasteiger partial charge < -0.3 is 25.7 Å². The van der Waals surface area contributed by atoms with Crippen LogP contribution in [0.4, 0.5) is 4.39 Å². The summed E-state index contributed by atoms with van der Waals surface area (Å²) in [5.41, 5.74) is 1.94. The number of aromatic amines is 1. The molecule has 1 saturated heterocycles. The van der Waals surface area contributed by atoms with Gasteiger partial charge in [0.2, 0.25) is 5.91 Å². The normalized spacial score (nSPS) is 15.6. The van der Waals surface area contributed by atoms with E-state index in [9.17, 15) is 14.0 Å². The van der Waals surface area contributed by atoms with Crippen LogP contribution >= 0.6 is 11.6 Å². The van der Waals surface area contributed by atoms with Gasteiger partial charge in [-0.25, -0.2) is 4.39 Å². The van der Waals surface area contributed by atoms with Gasteiger partial charge >= 0.3 is 0 Å². The van der Waals surface area contributed by atoms with Gasteiger partial charge in [-0.05, 0) is 43.1 Å². The number of nitrogens with one attached hydrogen (secondary N) is 4. The van der Waals surface area contributed by atoms with Gasteiger partial charge in [0.1, 0.15) is 18.2 Å². The maximum atomic E-state index is 13.4. The Balaban J connectivity index is 1.53. The van der Waals surface area contributed by atoms with Crippen molar-refractivity contribution in [1.29, 1.82) is 0 Å². The molecule has 4 N–H and O–H groups in total. The molecule has 34 heavy (non-hydrogen) atoms. The number of fused-ring (bicyclic) bond motifs is 1. The van der Waals surface area contributed by atoms with Crippen LogP contribution in [0.3, 0.4) is 0 Å². The number of hydrogen-bond acceptors (Lipinski definition) is 6. The van der Waals surface area contributed by atoms with Crippen molar-refractivity contribution in [3.05, 3.63) is 68.6 Å². The fraction of sp³-hybridized carbons (Fsp3) is 0.375. The van der Waals surface area contributed by atoms with Gasteiger partial charge in [-0.2, -0.15) is 0 Å². The predicted octanol–water partition coefficient (Wildman–Crippen LogP) is 2.42. The van der Waals surface area contributed by atoms with Crippen LogP contribution in [0.25, 0.3) is 10.8 Å². The van der Waals surface area contributed by atoms with E-state index in [1.807, 2.05) is 6.92 Å². The minimum atomic E-state index is -0.529. The highest BCUT2D eigenvalue weighted by molar-refractivity contribution is 6.30. The molecule has 1 aliphatic rings. The summed E-state index contributed by atoms with van der Waals surface area (Å²) in [5, 5.41) is 10.6. The monoisotopic (exact) mass is 487 g/mol. The number of aryl methyl sites for hydroxylation is 1. The summed E-state index contributed by atoms with van der Waals surface area (Å²) in [6.07, 6.45) is 3.15. The number of nitrogens with zero attached hydrogens (tertiary/aromatic N) is 1. The van der Waals surface area contributed by atoms with Gasteiger partial charge in [-0.3, -0.25) is 14.6 Å². The fourth-order valence-corrected chi connectivity index (χ4v) is 4.35. The van der Waals surface area contributed by atoms with E-state index in [0.29, 0.717) is 35.5 Å². The lowest BCUT2D eigenvalue weighted by Gasteiger charge is -2.16. The lowest BCUT2D eigenvalue weighted by Crippen LogP contribution is -2.41. The minimum absolute atomic E-state index is 0.0361. The number of halogens is 2. The second-order valence-corrected chi connectivity index (χ2v) is 8.58. The van der Waals surface area contributed by atoms with Gasteiger partial charge in [0.15, 0.2) is 0 Å². The molecule has 1 fully saturated rings. The first kappa shape index (κ1) is 24.1. The molecule has 0 bridgehead atoms. The topological polar surface area (TPSA) is 108 Å². The lowest BCUT2D eigenvalue weighted by molar-refractivity contribution is -0.120. The lowest BCUT2D eigenvalue weighted by atomic mass is 10.0. The first-order chi connectivity index (χ1) is 16.5. The van der Waals surface area contributed by atoms with E-state index in [4.69, 9.17) is 16.3 Å². The molecule has 4 rings (SSSR count). The third-order valence-corrected chi connectivity index (χ3v) is 6.13. The van der Waals surface area contributed by atoms with Crippen LogP contribution in [-0.2, 0) is 24.4 Å². The van der Waals surface area contributed by atoms with Crippen LogP contribution < -0.4 is 26.2 Å². The average Bonchev–Trinajstić information content (AvgIpc) is 3.33. The molecule has 0 radical (unpaired) electrons. The summed E-state index contributed by atoms with van der Waals surface area (Å²) in [4.78, 5) is 32.4. The molecule has 1 amide bonds. The first-order valence-electron chi connectivity index (χ1n) is 11.3. The van der Waals surface area contributed by atoms with Crippen molar-refractivity contribution >= 4 is 28.3 Å². The highest BCUT2D eigenvalue weighted by Gasteiger charge is 2.18. The summed E-state index contributed by atoms with van der Waals surface area (Å²) in [5.74, 6) is -0.209. The van der Waals surface area contributed by atoms with Gasteiger partial charge in [-0.1, -0.05) is 18.5 Å². The van der Waals surface area contributed by atoms with Crippen molar-refractivity contribution < 1.29 is 13.9 Å². The number of H-pyrrole nitrogens is 1. The Bertz CT molecular complexity index is 1240. The van der Waals surface area contributed by atoms with Crippen molar-refractivity contribution in [2.24, 2.45) is 0 Å². The molecular formula is C24H27ClFN5O3. The molecule has 8 nitrogen and oxygen atoms in total. The minimum Gasteiger partial charge on any atom is -0.487 e. The number of amides is 1. The molecule has 0 aliphatic carbocycles. The summed E-state index contributed by atoms with van der Waals surface area (Å²) in [7, 11) is 0. The average molecular weight is 488 g/mol. The molecule has 3 heterocycles. The number of carbonyl (C=O) groups excluding carboxylic acids is 1.